The van der Waals surface area contributed by atoms with Gasteiger partial charge in [0.15, 0.2) is 5.69 Å². The molecule has 4 rings (SSSR count). The van der Waals surface area contributed by atoms with E-state index < -0.39 is 0 Å². The maximum Gasteiger partial charge on any atom is 0.274 e. The predicted molar refractivity (Wildman–Crippen MR) is 106 cm³/mol. The number of carbonyl (C=O) groups is 2. The first-order valence-electron chi connectivity index (χ1n) is 8.87. The van der Waals surface area contributed by atoms with E-state index in [-0.39, 0.29) is 22.4 Å². The molecule has 0 bridgehead atoms. The van der Waals surface area contributed by atoms with E-state index >= 15 is 0 Å². The molecule has 2 aromatic heterocycles. The normalized spacial score (nSPS) is 20.8. The minimum Gasteiger partial charge on any atom is -0.338 e. The Hall–Kier alpha value is -1.67. The van der Waals surface area contributed by atoms with Gasteiger partial charge in [-0.2, -0.15) is 5.10 Å². The molecule has 2 aliphatic rings. The molecule has 2 saturated heterocycles. The molecule has 2 amide bonds. The molecule has 0 radical (unpaired) electrons. The van der Waals surface area contributed by atoms with Crippen LogP contribution in [0.3, 0.4) is 0 Å². The fraction of sp³-hybridized carbons (Fsp3) is 0.500. The molecule has 2 aliphatic heterocycles. The number of hydrogen-bond acceptors (Lipinski definition) is 5. The number of fused-ring (bicyclic) bond motifs is 1. The van der Waals surface area contributed by atoms with Crippen LogP contribution >= 0.6 is 23.5 Å². The Morgan fingerprint density at radius 2 is 2.12 bits per heavy atom. The first kappa shape index (κ1) is 17.7. The minimum atomic E-state index is -0.0994. The number of likely N-dealkylation sites (N-methyl/N-ethyl adjacent to an activating group) is 1. The van der Waals surface area contributed by atoms with E-state index in [1.165, 1.54) is 0 Å². The lowest BCUT2D eigenvalue weighted by Gasteiger charge is -2.30. The average Bonchev–Trinajstić information content (AvgIpc) is 3.39. The van der Waals surface area contributed by atoms with Crippen molar-refractivity contribution in [3.8, 4) is 0 Å². The molecule has 2 aromatic rings. The van der Waals surface area contributed by atoms with Gasteiger partial charge in [-0.3, -0.25) is 9.59 Å². The van der Waals surface area contributed by atoms with Crippen LogP contribution in [-0.2, 0) is 4.79 Å². The van der Waals surface area contributed by atoms with Crippen LogP contribution in [0.2, 0.25) is 0 Å². The maximum absolute atomic E-state index is 12.8. The summed E-state index contributed by atoms with van der Waals surface area (Å²) in [6.45, 7) is 1.36. The first-order chi connectivity index (χ1) is 12.6. The lowest BCUT2D eigenvalue weighted by molar-refractivity contribution is -0.130. The fourth-order valence-corrected chi connectivity index (χ4v) is 6.31. The van der Waals surface area contributed by atoms with Crippen LogP contribution in [0.4, 0.5) is 0 Å². The van der Waals surface area contributed by atoms with Crippen molar-refractivity contribution in [3.63, 3.8) is 0 Å². The highest BCUT2D eigenvalue weighted by Gasteiger charge is 2.36. The summed E-state index contributed by atoms with van der Waals surface area (Å²) in [5.74, 6) is 2.23. The van der Waals surface area contributed by atoms with Crippen molar-refractivity contribution < 1.29 is 9.59 Å². The summed E-state index contributed by atoms with van der Waals surface area (Å²) in [7, 11) is 1.80. The Morgan fingerprint density at radius 1 is 1.31 bits per heavy atom. The van der Waals surface area contributed by atoms with E-state index in [9.17, 15) is 9.59 Å². The second-order valence-corrected chi connectivity index (χ2v) is 9.41. The Labute approximate surface area is 161 Å². The molecular formula is C18H22N4O2S2. The van der Waals surface area contributed by atoms with Crippen LogP contribution in [0.1, 0.15) is 23.3 Å². The topological polar surface area (TPSA) is 57.9 Å². The van der Waals surface area contributed by atoms with Gasteiger partial charge < -0.3 is 9.80 Å². The van der Waals surface area contributed by atoms with E-state index in [0.717, 1.165) is 36.4 Å². The molecule has 0 unspecified atom stereocenters. The summed E-state index contributed by atoms with van der Waals surface area (Å²) >= 11 is 3.48. The van der Waals surface area contributed by atoms with E-state index in [4.69, 9.17) is 0 Å². The monoisotopic (exact) mass is 390 g/mol. The van der Waals surface area contributed by atoms with Gasteiger partial charge in [-0.1, -0.05) is 6.07 Å². The number of pyridine rings is 1. The van der Waals surface area contributed by atoms with Crippen LogP contribution in [0.5, 0.6) is 0 Å². The molecule has 0 aliphatic carbocycles. The van der Waals surface area contributed by atoms with Crippen LogP contribution in [0.15, 0.2) is 30.5 Å². The number of thioether (sulfide) groups is 2. The van der Waals surface area contributed by atoms with Gasteiger partial charge in [-0.15, -0.1) is 23.5 Å². The van der Waals surface area contributed by atoms with E-state index in [1.807, 2.05) is 35.4 Å². The van der Waals surface area contributed by atoms with Crippen molar-refractivity contribution >= 4 is 40.9 Å². The SMILES string of the molecule is CN(C[C@H]1CCCN1C(=O)C1SCCS1)C(=O)c1cc2ccccn2n1. The highest BCUT2D eigenvalue weighted by atomic mass is 32.2. The third kappa shape index (κ3) is 3.44. The standard InChI is InChI=1S/C18H22N4O2S2/c1-20(16(23)15-11-13-5-2-3-8-22(13)19-15)12-14-6-4-7-21(14)17(24)18-25-9-10-26-18/h2-3,5,8,11,14,18H,4,6-7,9-10,12H2,1H3/t14-/m1/s1. The van der Waals surface area contributed by atoms with Gasteiger partial charge in [0, 0.05) is 43.9 Å². The van der Waals surface area contributed by atoms with Crippen molar-refractivity contribution in [2.24, 2.45) is 0 Å². The van der Waals surface area contributed by atoms with Crippen molar-refractivity contribution in [2.45, 2.75) is 23.5 Å². The molecule has 8 heteroatoms. The fourth-order valence-electron chi connectivity index (χ4n) is 3.59. The van der Waals surface area contributed by atoms with Gasteiger partial charge in [-0.25, -0.2) is 4.52 Å². The van der Waals surface area contributed by atoms with Crippen molar-refractivity contribution in [1.29, 1.82) is 0 Å². The number of hydrogen-bond donors (Lipinski definition) is 0. The molecule has 2 fully saturated rings. The molecule has 138 valence electrons. The van der Waals surface area contributed by atoms with Gasteiger partial charge in [0.1, 0.15) is 4.58 Å². The third-order valence-electron chi connectivity index (χ3n) is 4.90. The van der Waals surface area contributed by atoms with Crippen molar-refractivity contribution in [1.82, 2.24) is 19.4 Å². The molecule has 0 saturated carbocycles. The summed E-state index contributed by atoms with van der Waals surface area (Å²) in [4.78, 5) is 29.2. The predicted octanol–water partition coefficient (Wildman–Crippen LogP) is 2.20. The van der Waals surface area contributed by atoms with Crippen LogP contribution in [0.25, 0.3) is 5.52 Å². The second kappa shape index (κ2) is 7.52. The molecule has 6 nitrogen and oxygen atoms in total. The zero-order valence-corrected chi connectivity index (χ0v) is 16.3. The van der Waals surface area contributed by atoms with E-state index in [0.29, 0.717) is 12.2 Å². The third-order valence-corrected chi connectivity index (χ3v) is 7.87. The van der Waals surface area contributed by atoms with Gasteiger partial charge in [0.25, 0.3) is 5.91 Å². The largest absolute Gasteiger partial charge is 0.338 e. The number of carbonyl (C=O) groups excluding carboxylic acids is 2. The number of nitrogens with zero attached hydrogens (tertiary/aromatic N) is 4. The molecule has 26 heavy (non-hydrogen) atoms. The summed E-state index contributed by atoms with van der Waals surface area (Å²) in [5, 5.41) is 4.36. The van der Waals surface area contributed by atoms with Crippen LogP contribution in [0, 0.1) is 0 Å². The second-order valence-electron chi connectivity index (χ2n) is 6.69. The lowest BCUT2D eigenvalue weighted by Crippen LogP contribution is -2.46. The Kier molecular flexibility index (Phi) is 5.13. The molecule has 4 heterocycles. The van der Waals surface area contributed by atoms with E-state index in [1.54, 1.807) is 40.0 Å². The Balaban J connectivity index is 1.43. The van der Waals surface area contributed by atoms with Crippen LogP contribution in [-0.4, -0.2) is 73.5 Å². The minimum absolute atomic E-state index is 0.0371. The molecule has 0 spiro atoms. The van der Waals surface area contributed by atoms with E-state index in [2.05, 4.69) is 5.10 Å². The summed E-state index contributed by atoms with van der Waals surface area (Å²) in [6.07, 6.45) is 3.80. The average molecular weight is 391 g/mol. The number of rotatable bonds is 4. The molecule has 1 atom stereocenters. The van der Waals surface area contributed by atoms with Crippen LogP contribution < -0.4 is 0 Å². The van der Waals surface area contributed by atoms with Gasteiger partial charge >= 0.3 is 0 Å². The quantitative estimate of drug-likeness (QED) is 0.801. The summed E-state index contributed by atoms with van der Waals surface area (Å²) < 4.78 is 1.75. The highest BCUT2D eigenvalue weighted by Crippen LogP contribution is 2.35. The van der Waals surface area contributed by atoms with Gasteiger partial charge in [0.2, 0.25) is 5.91 Å². The molecule has 0 N–H and O–H groups in total. The summed E-state index contributed by atoms with van der Waals surface area (Å²) in [6, 6.07) is 7.66. The Bertz CT molecular complexity index is 785. The smallest absolute Gasteiger partial charge is 0.274 e. The zero-order valence-electron chi connectivity index (χ0n) is 14.7. The number of amides is 2. The Morgan fingerprint density at radius 3 is 2.88 bits per heavy atom. The van der Waals surface area contributed by atoms with Crippen molar-refractivity contribution in [3.05, 3.63) is 36.2 Å². The summed E-state index contributed by atoms with van der Waals surface area (Å²) in [5.41, 5.74) is 1.34. The number of likely N-dealkylation sites (tertiary alicyclic amines) is 1. The lowest BCUT2D eigenvalue weighted by atomic mass is 10.2. The van der Waals surface area contributed by atoms with Gasteiger partial charge in [0.05, 0.1) is 5.52 Å². The highest BCUT2D eigenvalue weighted by molar-refractivity contribution is 8.21. The number of aromatic nitrogens is 2. The van der Waals surface area contributed by atoms with Crippen molar-refractivity contribution in [2.75, 3.05) is 31.6 Å². The van der Waals surface area contributed by atoms with Gasteiger partial charge in [-0.05, 0) is 31.0 Å². The molecular weight excluding hydrogens is 368 g/mol. The first-order valence-corrected chi connectivity index (χ1v) is 11.0. The maximum atomic E-state index is 12.8. The zero-order chi connectivity index (χ0) is 18.1. The molecule has 0 aromatic carbocycles.